The molecular weight excluding hydrogens is 447 g/mol. The first-order valence-corrected chi connectivity index (χ1v) is 12.3. The van der Waals surface area contributed by atoms with Crippen molar-refractivity contribution in [2.24, 2.45) is 5.92 Å². The van der Waals surface area contributed by atoms with E-state index in [-0.39, 0.29) is 23.7 Å². The number of benzene rings is 3. The number of nitrogens with zero attached hydrogens (tertiary/aromatic N) is 2. The van der Waals surface area contributed by atoms with Gasteiger partial charge in [0.25, 0.3) is 5.91 Å². The monoisotopic (exact) mass is 478 g/mol. The maximum atomic E-state index is 13.4. The van der Waals surface area contributed by atoms with Crippen LogP contribution in [0.1, 0.15) is 46.8 Å². The third-order valence-corrected chi connectivity index (χ3v) is 7.23. The minimum atomic E-state index is -0.335. The molecule has 0 radical (unpaired) electrons. The Kier molecular flexibility index (Phi) is 7.70. The zero-order valence-corrected chi connectivity index (χ0v) is 20.8. The van der Waals surface area contributed by atoms with E-state index in [1.54, 1.807) is 12.1 Å². The van der Waals surface area contributed by atoms with Gasteiger partial charge in [0.2, 0.25) is 0 Å². The fourth-order valence-corrected chi connectivity index (χ4v) is 5.23. The van der Waals surface area contributed by atoms with Crippen LogP contribution >= 0.6 is 11.6 Å². The summed E-state index contributed by atoms with van der Waals surface area (Å²) in [4.78, 5) is 17.8. The molecule has 0 saturated carbocycles. The van der Waals surface area contributed by atoms with E-state index in [2.05, 4.69) is 42.2 Å². The van der Waals surface area contributed by atoms with Gasteiger partial charge in [0.05, 0.1) is 0 Å². The van der Waals surface area contributed by atoms with Crippen molar-refractivity contribution in [3.63, 3.8) is 0 Å². The Morgan fingerprint density at radius 1 is 1.03 bits per heavy atom. The summed E-state index contributed by atoms with van der Waals surface area (Å²) in [6, 6.07) is 22.4. The van der Waals surface area contributed by atoms with E-state index in [1.807, 2.05) is 36.9 Å². The highest BCUT2D eigenvalue weighted by Gasteiger charge is 2.37. The van der Waals surface area contributed by atoms with Gasteiger partial charge in [0.1, 0.15) is 5.82 Å². The first kappa shape index (κ1) is 24.4. The minimum absolute atomic E-state index is 0.0349. The third kappa shape index (κ3) is 5.51. The summed E-state index contributed by atoms with van der Waals surface area (Å²) in [5.74, 6) is 0.197. The second kappa shape index (κ2) is 10.7. The number of hydrogen-bond acceptors (Lipinski definition) is 2. The van der Waals surface area contributed by atoms with Gasteiger partial charge in [-0.25, -0.2) is 4.39 Å². The Balaban J connectivity index is 1.60. The SMILES string of the molecule is Cc1ccccc1C1CN(Cc2ccccc2Cl)CC1CN(C(=O)c1ccc(F)cc1)C(C)C. The van der Waals surface area contributed by atoms with Crippen LogP contribution in [-0.2, 0) is 6.54 Å². The Bertz CT molecular complexity index is 1130. The molecule has 34 heavy (non-hydrogen) atoms. The van der Waals surface area contributed by atoms with Crippen LogP contribution in [0.2, 0.25) is 5.02 Å². The summed E-state index contributed by atoms with van der Waals surface area (Å²) in [5.41, 5.74) is 4.26. The predicted molar refractivity (Wildman–Crippen MR) is 137 cm³/mol. The summed E-state index contributed by atoms with van der Waals surface area (Å²) in [5, 5.41) is 0.786. The molecule has 0 aliphatic carbocycles. The van der Waals surface area contributed by atoms with Gasteiger partial charge in [-0.15, -0.1) is 0 Å². The second-order valence-corrected chi connectivity index (χ2v) is 9.97. The lowest BCUT2D eigenvalue weighted by atomic mass is 9.86. The van der Waals surface area contributed by atoms with Crippen molar-refractivity contribution in [3.05, 3.63) is 106 Å². The number of amides is 1. The number of carbonyl (C=O) groups is 1. The topological polar surface area (TPSA) is 23.6 Å². The quantitative estimate of drug-likeness (QED) is 0.384. The van der Waals surface area contributed by atoms with E-state index in [0.717, 1.165) is 30.2 Å². The number of hydrogen-bond donors (Lipinski definition) is 0. The first-order chi connectivity index (χ1) is 16.3. The van der Waals surface area contributed by atoms with Gasteiger partial charge >= 0.3 is 0 Å². The van der Waals surface area contributed by atoms with Gasteiger partial charge in [0, 0.05) is 48.7 Å². The van der Waals surface area contributed by atoms with E-state index in [4.69, 9.17) is 11.6 Å². The van der Waals surface area contributed by atoms with Gasteiger partial charge in [-0.1, -0.05) is 54.1 Å². The molecule has 0 N–H and O–H groups in total. The molecule has 4 rings (SSSR count). The zero-order chi connectivity index (χ0) is 24.2. The smallest absolute Gasteiger partial charge is 0.254 e. The standard InChI is InChI=1S/C29H32ClFN2O/c1-20(2)33(29(34)22-12-14-25(31)15-13-22)18-24-17-32(16-23-9-5-7-11-28(23)30)19-27(24)26-10-6-4-8-21(26)3/h4-15,20,24,27H,16-19H2,1-3H3. The van der Waals surface area contributed by atoms with Gasteiger partial charge in [0.15, 0.2) is 0 Å². The second-order valence-electron chi connectivity index (χ2n) is 9.57. The van der Waals surface area contributed by atoms with Crippen LogP contribution < -0.4 is 0 Å². The summed E-state index contributed by atoms with van der Waals surface area (Å²) in [6.45, 7) is 9.47. The summed E-state index contributed by atoms with van der Waals surface area (Å²) < 4.78 is 13.4. The van der Waals surface area contributed by atoms with Crippen molar-refractivity contribution < 1.29 is 9.18 Å². The molecular formula is C29H32ClFN2O. The number of carbonyl (C=O) groups excluding carboxylic acids is 1. The van der Waals surface area contributed by atoms with Crippen molar-refractivity contribution in [2.45, 2.75) is 39.3 Å². The largest absolute Gasteiger partial charge is 0.336 e. The van der Waals surface area contributed by atoms with Gasteiger partial charge < -0.3 is 4.90 Å². The molecule has 1 aliphatic rings. The molecule has 2 atom stereocenters. The number of rotatable bonds is 7. The molecule has 3 nitrogen and oxygen atoms in total. The fraction of sp³-hybridized carbons (Fsp3) is 0.345. The Morgan fingerprint density at radius 2 is 1.71 bits per heavy atom. The summed E-state index contributed by atoms with van der Waals surface area (Å²) in [7, 11) is 0. The molecule has 5 heteroatoms. The van der Waals surface area contributed by atoms with E-state index in [0.29, 0.717) is 18.0 Å². The zero-order valence-electron chi connectivity index (χ0n) is 20.0. The fourth-order valence-electron chi connectivity index (χ4n) is 5.04. The number of halogens is 2. The molecule has 0 spiro atoms. The molecule has 0 bridgehead atoms. The van der Waals surface area contributed by atoms with Gasteiger partial charge in [-0.3, -0.25) is 9.69 Å². The van der Waals surface area contributed by atoms with Gasteiger partial charge in [-0.05, 0) is 73.7 Å². The van der Waals surface area contributed by atoms with E-state index in [9.17, 15) is 9.18 Å². The highest BCUT2D eigenvalue weighted by atomic mass is 35.5. The number of aryl methyl sites for hydroxylation is 1. The van der Waals surface area contributed by atoms with Crippen LogP contribution in [0.25, 0.3) is 0 Å². The molecule has 178 valence electrons. The van der Waals surface area contributed by atoms with E-state index < -0.39 is 0 Å². The Morgan fingerprint density at radius 3 is 2.38 bits per heavy atom. The third-order valence-electron chi connectivity index (χ3n) is 6.86. The van der Waals surface area contributed by atoms with Crippen LogP contribution in [0.15, 0.2) is 72.8 Å². The molecule has 0 aromatic heterocycles. The molecule has 3 aromatic carbocycles. The van der Waals surface area contributed by atoms with Crippen molar-refractivity contribution in [2.75, 3.05) is 19.6 Å². The van der Waals surface area contributed by atoms with Crippen molar-refractivity contribution >= 4 is 17.5 Å². The lowest BCUT2D eigenvalue weighted by Crippen LogP contribution is -2.42. The maximum absolute atomic E-state index is 13.4. The summed E-state index contributed by atoms with van der Waals surface area (Å²) >= 11 is 6.46. The summed E-state index contributed by atoms with van der Waals surface area (Å²) in [6.07, 6.45) is 0. The maximum Gasteiger partial charge on any atom is 0.254 e. The molecule has 1 amide bonds. The van der Waals surface area contributed by atoms with Crippen LogP contribution in [0.3, 0.4) is 0 Å². The van der Waals surface area contributed by atoms with E-state index in [1.165, 1.54) is 23.3 Å². The Hall–Kier alpha value is -2.69. The Labute approximate surface area is 207 Å². The van der Waals surface area contributed by atoms with Crippen LogP contribution in [0, 0.1) is 18.7 Å². The molecule has 3 aromatic rings. The molecule has 2 unspecified atom stereocenters. The van der Waals surface area contributed by atoms with E-state index >= 15 is 0 Å². The highest BCUT2D eigenvalue weighted by molar-refractivity contribution is 6.31. The molecule has 1 saturated heterocycles. The average molecular weight is 479 g/mol. The first-order valence-electron chi connectivity index (χ1n) is 11.9. The van der Waals surface area contributed by atoms with Crippen molar-refractivity contribution in [1.29, 1.82) is 0 Å². The lowest BCUT2D eigenvalue weighted by Gasteiger charge is -2.32. The van der Waals surface area contributed by atoms with Crippen molar-refractivity contribution in [1.82, 2.24) is 9.80 Å². The van der Waals surface area contributed by atoms with Crippen LogP contribution in [-0.4, -0.2) is 41.4 Å². The molecule has 1 heterocycles. The van der Waals surface area contributed by atoms with Crippen LogP contribution in [0.4, 0.5) is 4.39 Å². The van der Waals surface area contributed by atoms with Gasteiger partial charge in [-0.2, -0.15) is 0 Å². The highest BCUT2D eigenvalue weighted by Crippen LogP contribution is 2.36. The number of likely N-dealkylation sites (tertiary alicyclic amines) is 1. The molecule has 1 aliphatic heterocycles. The van der Waals surface area contributed by atoms with Crippen molar-refractivity contribution in [3.8, 4) is 0 Å². The average Bonchev–Trinajstić information content (AvgIpc) is 3.21. The predicted octanol–water partition coefficient (Wildman–Crippen LogP) is 6.55. The lowest BCUT2D eigenvalue weighted by molar-refractivity contribution is 0.0668. The van der Waals surface area contributed by atoms with Crippen LogP contribution in [0.5, 0.6) is 0 Å². The molecule has 1 fully saturated rings. The minimum Gasteiger partial charge on any atom is -0.336 e. The normalized spacial score (nSPS) is 18.4.